The van der Waals surface area contributed by atoms with Gasteiger partial charge in [-0.25, -0.2) is 19.4 Å². The van der Waals surface area contributed by atoms with Crippen LogP contribution in [0.1, 0.15) is 0 Å². The van der Waals surface area contributed by atoms with E-state index in [1.165, 1.54) is 17.1 Å². The summed E-state index contributed by atoms with van der Waals surface area (Å²) in [6.07, 6.45) is 1.85. The highest BCUT2D eigenvalue weighted by Gasteiger charge is 2.18. The van der Waals surface area contributed by atoms with Crippen LogP contribution < -0.4 is 16.2 Å². The number of anilines is 1. The first-order valence-corrected chi connectivity index (χ1v) is 4.53. The molecule has 0 aliphatic heterocycles. The zero-order chi connectivity index (χ0) is 12.4. The van der Waals surface area contributed by atoms with E-state index in [0.717, 1.165) is 0 Å². The SMILES string of the molecule is Cn1nnc(-c2ncc(N)cn2)c1OC(N)=O. The van der Waals surface area contributed by atoms with Crippen LogP contribution in [0, 0.1) is 0 Å². The van der Waals surface area contributed by atoms with Gasteiger partial charge in [-0.3, -0.25) is 0 Å². The molecule has 1 amide bonds. The van der Waals surface area contributed by atoms with Crippen molar-refractivity contribution in [2.45, 2.75) is 0 Å². The Hall–Kier alpha value is -2.71. The van der Waals surface area contributed by atoms with Crippen LogP contribution in [0.25, 0.3) is 11.5 Å². The first-order chi connectivity index (χ1) is 8.08. The van der Waals surface area contributed by atoms with E-state index in [9.17, 15) is 4.79 Å². The molecular formula is C8H9N7O2. The van der Waals surface area contributed by atoms with Crippen LogP contribution in [0.2, 0.25) is 0 Å². The Balaban J connectivity index is 2.45. The first kappa shape index (κ1) is 10.8. The summed E-state index contributed by atoms with van der Waals surface area (Å²) in [5, 5.41) is 7.47. The second-order valence-corrected chi connectivity index (χ2v) is 3.13. The van der Waals surface area contributed by atoms with Crippen molar-refractivity contribution in [3.63, 3.8) is 0 Å². The molecule has 0 saturated heterocycles. The summed E-state index contributed by atoms with van der Waals surface area (Å²) in [6.45, 7) is 0. The fraction of sp³-hybridized carbons (Fsp3) is 0.125. The van der Waals surface area contributed by atoms with Crippen molar-refractivity contribution in [2.75, 3.05) is 5.73 Å². The molecule has 0 saturated carbocycles. The Labute approximate surface area is 95.4 Å². The molecule has 0 unspecified atom stereocenters. The van der Waals surface area contributed by atoms with Crippen molar-refractivity contribution in [3.8, 4) is 17.4 Å². The monoisotopic (exact) mass is 235 g/mol. The van der Waals surface area contributed by atoms with E-state index in [1.54, 1.807) is 7.05 Å². The number of amides is 1. The van der Waals surface area contributed by atoms with Gasteiger partial charge in [0.15, 0.2) is 11.5 Å². The summed E-state index contributed by atoms with van der Waals surface area (Å²) < 4.78 is 6.02. The molecule has 0 aliphatic rings. The maximum Gasteiger partial charge on any atom is 0.411 e. The van der Waals surface area contributed by atoms with Crippen LogP contribution >= 0.6 is 0 Å². The Morgan fingerprint density at radius 3 is 2.65 bits per heavy atom. The standard InChI is InChI=1S/C8H9N7O2/c1-15-7(17-8(10)16)5(13-14-15)6-11-2-4(9)3-12-6/h2-3H,9H2,1H3,(H2,10,16). The average Bonchev–Trinajstić information content (AvgIpc) is 2.61. The fourth-order valence-electron chi connectivity index (χ4n) is 1.16. The molecule has 9 nitrogen and oxygen atoms in total. The van der Waals surface area contributed by atoms with Gasteiger partial charge < -0.3 is 16.2 Å². The van der Waals surface area contributed by atoms with Crippen molar-refractivity contribution in [1.29, 1.82) is 0 Å². The highest BCUT2D eigenvalue weighted by atomic mass is 16.6. The number of primary amides is 1. The summed E-state index contributed by atoms with van der Waals surface area (Å²) in [5.74, 6) is 0.311. The van der Waals surface area contributed by atoms with E-state index in [4.69, 9.17) is 16.2 Å². The summed E-state index contributed by atoms with van der Waals surface area (Å²) in [7, 11) is 1.55. The molecular weight excluding hydrogens is 226 g/mol. The van der Waals surface area contributed by atoms with Crippen LogP contribution in [0.3, 0.4) is 0 Å². The number of carbonyl (C=O) groups is 1. The summed E-state index contributed by atoms with van der Waals surface area (Å²) in [5.41, 5.74) is 11.0. The van der Waals surface area contributed by atoms with Gasteiger partial charge in [0.05, 0.1) is 18.1 Å². The van der Waals surface area contributed by atoms with E-state index in [2.05, 4.69) is 20.3 Å². The largest absolute Gasteiger partial charge is 0.411 e. The molecule has 0 fully saturated rings. The number of nitrogens with two attached hydrogens (primary N) is 2. The zero-order valence-corrected chi connectivity index (χ0v) is 8.86. The number of aryl methyl sites for hydroxylation is 1. The number of ether oxygens (including phenoxy) is 1. The molecule has 0 atom stereocenters. The first-order valence-electron chi connectivity index (χ1n) is 4.53. The van der Waals surface area contributed by atoms with Gasteiger partial charge in [-0.05, 0) is 0 Å². The van der Waals surface area contributed by atoms with Crippen molar-refractivity contribution in [1.82, 2.24) is 25.0 Å². The van der Waals surface area contributed by atoms with Crippen LogP contribution in [0.15, 0.2) is 12.4 Å². The second kappa shape index (κ2) is 4.04. The zero-order valence-electron chi connectivity index (χ0n) is 8.86. The van der Waals surface area contributed by atoms with Gasteiger partial charge in [0, 0.05) is 7.05 Å². The molecule has 0 spiro atoms. The lowest BCUT2D eigenvalue weighted by atomic mass is 10.4. The molecule has 0 aromatic carbocycles. The predicted octanol–water partition coefficient (Wildman–Crippen LogP) is -0.688. The number of hydrogen-bond acceptors (Lipinski definition) is 7. The number of nitrogens with zero attached hydrogens (tertiary/aromatic N) is 5. The quantitative estimate of drug-likeness (QED) is 0.703. The number of carbonyl (C=O) groups excluding carboxylic acids is 1. The normalized spacial score (nSPS) is 10.2. The summed E-state index contributed by atoms with van der Waals surface area (Å²) in [6, 6.07) is 0. The fourth-order valence-corrected chi connectivity index (χ4v) is 1.16. The predicted molar refractivity (Wildman–Crippen MR) is 56.7 cm³/mol. The lowest BCUT2D eigenvalue weighted by Crippen LogP contribution is -2.18. The third kappa shape index (κ3) is 2.12. The highest BCUT2D eigenvalue weighted by Crippen LogP contribution is 2.23. The molecule has 2 aromatic heterocycles. The van der Waals surface area contributed by atoms with Crippen LogP contribution in [-0.2, 0) is 7.05 Å². The number of rotatable bonds is 2. The smallest absolute Gasteiger partial charge is 0.396 e. The summed E-state index contributed by atoms with van der Waals surface area (Å²) >= 11 is 0. The minimum Gasteiger partial charge on any atom is -0.396 e. The number of hydrogen-bond donors (Lipinski definition) is 2. The van der Waals surface area contributed by atoms with E-state index in [0.29, 0.717) is 5.69 Å². The van der Waals surface area contributed by atoms with Crippen LogP contribution in [0.5, 0.6) is 5.88 Å². The highest BCUT2D eigenvalue weighted by molar-refractivity contribution is 5.70. The van der Waals surface area contributed by atoms with Gasteiger partial charge in [0.25, 0.3) is 5.88 Å². The van der Waals surface area contributed by atoms with E-state index < -0.39 is 6.09 Å². The maximum atomic E-state index is 10.7. The number of aromatic nitrogens is 5. The summed E-state index contributed by atoms with van der Waals surface area (Å²) in [4.78, 5) is 18.6. The number of nitrogen functional groups attached to an aromatic ring is 1. The Bertz CT molecular complexity index is 548. The van der Waals surface area contributed by atoms with Crippen molar-refractivity contribution >= 4 is 11.8 Å². The molecule has 9 heteroatoms. The Kier molecular flexibility index (Phi) is 2.57. The molecule has 0 bridgehead atoms. The average molecular weight is 235 g/mol. The third-order valence-corrected chi connectivity index (χ3v) is 1.86. The van der Waals surface area contributed by atoms with Gasteiger partial charge in [-0.15, -0.1) is 5.10 Å². The second-order valence-electron chi connectivity index (χ2n) is 3.13. The Morgan fingerprint density at radius 2 is 2.06 bits per heavy atom. The Morgan fingerprint density at radius 1 is 1.41 bits per heavy atom. The topological polar surface area (TPSA) is 135 Å². The van der Waals surface area contributed by atoms with Crippen LogP contribution in [0.4, 0.5) is 10.5 Å². The van der Waals surface area contributed by atoms with Crippen molar-refractivity contribution in [2.24, 2.45) is 12.8 Å². The van der Waals surface area contributed by atoms with E-state index >= 15 is 0 Å². The van der Waals surface area contributed by atoms with Gasteiger partial charge >= 0.3 is 6.09 Å². The maximum absolute atomic E-state index is 10.7. The molecule has 2 rings (SSSR count). The van der Waals surface area contributed by atoms with Crippen molar-refractivity contribution < 1.29 is 9.53 Å². The molecule has 88 valence electrons. The lowest BCUT2D eigenvalue weighted by molar-refractivity contribution is 0.207. The van der Waals surface area contributed by atoms with Crippen LogP contribution in [-0.4, -0.2) is 31.1 Å². The van der Waals surface area contributed by atoms with Gasteiger partial charge in [0.1, 0.15) is 0 Å². The van der Waals surface area contributed by atoms with Gasteiger partial charge in [0.2, 0.25) is 0 Å². The molecule has 0 radical (unpaired) electrons. The van der Waals surface area contributed by atoms with Gasteiger partial charge in [-0.2, -0.15) is 0 Å². The molecule has 0 aliphatic carbocycles. The van der Waals surface area contributed by atoms with Gasteiger partial charge in [-0.1, -0.05) is 5.21 Å². The molecule has 2 heterocycles. The lowest BCUT2D eigenvalue weighted by Gasteiger charge is -2.02. The minimum absolute atomic E-state index is 0.0715. The molecule has 4 N–H and O–H groups in total. The van der Waals surface area contributed by atoms with E-state index in [-0.39, 0.29) is 17.4 Å². The minimum atomic E-state index is -0.966. The van der Waals surface area contributed by atoms with Crippen molar-refractivity contribution in [3.05, 3.63) is 12.4 Å². The molecule has 2 aromatic rings. The molecule has 17 heavy (non-hydrogen) atoms. The van der Waals surface area contributed by atoms with E-state index in [1.807, 2.05) is 0 Å². The third-order valence-electron chi connectivity index (χ3n) is 1.86.